The Labute approximate surface area is 120 Å². The molecule has 6 heteroatoms. The fraction of sp³-hybridized carbons (Fsp3) is 0.857. The van der Waals surface area contributed by atoms with E-state index in [0.717, 1.165) is 32.5 Å². The lowest BCUT2D eigenvalue weighted by Crippen LogP contribution is -2.53. The molecule has 0 aliphatic carbocycles. The topological polar surface area (TPSA) is 61.9 Å². The minimum atomic E-state index is -0.145. The summed E-state index contributed by atoms with van der Waals surface area (Å²) >= 11 is 0. The third-order valence-electron chi connectivity index (χ3n) is 4.19. The second-order valence-electron chi connectivity index (χ2n) is 5.77. The van der Waals surface area contributed by atoms with Gasteiger partial charge in [-0.05, 0) is 19.8 Å². The summed E-state index contributed by atoms with van der Waals surface area (Å²) < 4.78 is 4.76. The van der Waals surface area contributed by atoms with Gasteiger partial charge in [0, 0.05) is 38.8 Å². The number of hydrogen-bond acceptors (Lipinski definition) is 5. The molecule has 2 saturated heterocycles. The predicted molar refractivity (Wildman–Crippen MR) is 75.2 cm³/mol. The number of rotatable bonds is 3. The summed E-state index contributed by atoms with van der Waals surface area (Å²) in [5.41, 5.74) is 0. The highest BCUT2D eigenvalue weighted by atomic mass is 16.5. The zero-order valence-electron chi connectivity index (χ0n) is 12.4. The van der Waals surface area contributed by atoms with Crippen molar-refractivity contribution in [2.24, 2.45) is 5.92 Å². The molecule has 0 spiro atoms. The summed E-state index contributed by atoms with van der Waals surface area (Å²) in [6.07, 6.45) is 1.44. The number of likely N-dealkylation sites (tertiary alicyclic amines) is 1. The third-order valence-corrected chi connectivity index (χ3v) is 4.19. The van der Waals surface area contributed by atoms with Gasteiger partial charge in [-0.15, -0.1) is 0 Å². The Morgan fingerprint density at radius 3 is 2.55 bits per heavy atom. The van der Waals surface area contributed by atoms with E-state index in [0.29, 0.717) is 25.7 Å². The van der Waals surface area contributed by atoms with Crippen LogP contribution in [0, 0.1) is 5.92 Å². The largest absolute Gasteiger partial charge is 0.469 e. The Kier molecular flexibility index (Phi) is 5.37. The number of hydrogen-bond donors (Lipinski definition) is 1. The van der Waals surface area contributed by atoms with Crippen LogP contribution in [0.4, 0.5) is 0 Å². The number of methoxy groups -OCH3 is 1. The van der Waals surface area contributed by atoms with Crippen molar-refractivity contribution in [3.63, 3.8) is 0 Å². The standard InChI is InChI=1S/C14H25N3O3/c1-11-9-16(8-5-15-11)10-13(18)17-6-3-12(4-7-17)14(19)20-2/h11-12,15H,3-10H2,1-2H3/t11-/m1/s1. The number of piperazine rings is 1. The smallest absolute Gasteiger partial charge is 0.308 e. The molecule has 2 rings (SSSR count). The molecule has 0 aromatic carbocycles. The van der Waals surface area contributed by atoms with Crippen molar-refractivity contribution in [2.75, 3.05) is 46.4 Å². The SMILES string of the molecule is COC(=O)C1CCN(C(=O)CN2CCN[C@H](C)C2)CC1. The quantitative estimate of drug-likeness (QED) is 0.720. The Bertz CT molecular complexity index is 354. The van der Waals surface area contributed by atoms with E-state index < -0.39 is 0 Å². The van der Waals surface area contributed by atoms with E-state index in [-0.39, 0.29) is 17.8 Å². The molecular weight excluding hydrogens is 258 g/mol. The lowest BCUT2D eigenvalue weighted by Gasteiger charge is -2.35. The zero-order valence-corrected chi connectivity index (χ0v) is 12.4. The highest BCUT2D eigenvalue weighted by Gasteiger charge is 2.29. The summed E-state index contributed by atoms with van der Waals surface area (Å²) in [5.74, 6) is -0.00120. The van der Waals surface area contributed by atoms with Gasteiger partial charge in [-0.3, -0.25) is 14.5 Å². The molecule has 0 saturated carbocycles. The molecule has 2 aliphatic heterocycles. The Balaban J connectivity index is 1.75. The van der Waals surface area contributed by atoms with Crippen molar-refractivity contribution >= 4 is 11.9 Å². The molecule has 0 aromatic rings. The van der Waals surface area contributed by atoms with Crippen molar-refractivity contribution in [3.05, 3.63) is 0 Å². The molecule has 0 bridgehead atoms. The number of carbonyl (C=O) groups is 2. The first-order valence-electron chi connectivity index (χ1n) is 7.41. The van der Waals surface area contributed by atoms with Crippen LogP contribution in [0.5, 0.6) is 0 Å². The van der Waals surface area contributed by atoms with E-state index in [1.165, 1.54) is 7.11 Å². The van der Waals surface area contributed by atoms with Crippen LogP contribution in [0.3, 0.4) is 0 Å². The van der Waals surface area contributed by atoms with Gasteiger partial charge < -0.3 is 15.0 Å². The van der Waals surface area contributed by atoms with Crippen LogP contribution < -0.4 is 5.32 Å². The molecule has 2 fully saturated rings. The van der Waals surface area contributed by atoms with E-state index in [1.54, 1.807) is 0 Å². The second-order valence-corrected chi connectivity index (χ2v) is 5.77. The van der Waals surface area contributed by atoms with Gasteiger partial charge in [0.2, 0.25) is 5.91 Å². The van der Waals surface area contributed by atoms with Gasteiger partial charge in [0.1, 0.15) is 0 Å². The molecular formula is C14H25N3O3. The Morgan fingerprint density at radius 1 is 1.25 bits per heavy atom. The number of nitrogens with one attached hydrogen (secondary N) is 1. The first-order chi connectivity index (χ1) is 9.60. The van der Waals surface area contributed by atoms with Crippen molar-refractivity contribution < 1.29 is 14.3 Å². The number of esters is 1. The van der Waals surface area contributed by atoms with Crippen molar-refractivity contribution in [2.45, 2.75) is 25.8 Å². The van der Waals surface area contributed by atoms with Gasteiger partial charge in [-0.25, -0.2) is 0 Å². The van der Waals surface area contributed by atoms with Gasteiger partial charge in [-0.2, -0.15) is 0 Å². The van der Waals surface area contributed by atoms with Crippen LogP contribution in [0.25, 0.3) is 0 Å². The van der Waals surface area contributed by atoms with E-state index in [4.69, 9.17) is 4.74 Å². The molecule has 20 heavy (non-hydrogen) atoms. The fourth-order valence-electron chi connectivity index (χ4n) is 2.98. The lowest BCUT2D eigenvalue weighted by molar-refractivity contribution is -0.149. The molecule has 0 unspecified atom stereocenters. The van der Waals surface area contributed by atoms with Crippen LogP contribution in [0.15, 0.2) is 0 Å². The van der Waals surface area contributed by atoms with Gasteiger partial charge in [-0.1, -0.05) is 0 Å². The summed E-state index contributed by atoms with van der Waals surface area (Å²) in [5, 5.41) is 3.37. The summed E-state index contributed by atoms with van der Waals surface area (Å²) in [6, 6.07) is 0.446. The molecule has 2 heterocycles. The number of carbonyl (C=O) groups excluding carboxylic acids is 2. The van der Waals surface area contributed by atoms with Crippen LogP contribution in [0.2, 0.25) is 0 Å². The highest BCUT2D eigenvalue weighted by Crippen LogP contribution is 2.18. The second kappa shape index (κ2) is 7.04. The van der Waals surface area contributed by atoms with Gasteiger partial charge in [0.25, 0.3) is 0 Å². The lowest BCUT2D eigenvalue weighted by atomic mass is 9.97. The van der Waals surface area contributed by atoms with Crippen LogP contribution >= 0.6 is 0 Å². The molecule has 1 amide bonds. The number of ether oxygens (including phenoxy) is 1. The van der Waals surface area contributed by atoms with Gasteiger partial charge in [0.05, 0.1) is 19.6 Å². The molecule has 2 aliphatic rings. The minimum Gasteiger partial charge on any atom is -0.469 e. The van der Waals surface area contributed by atoms with E-state index in [1.807, 2.05) is 4.90 Å². The average Bonchev–Trinajstić information content (AvgIpc) is 2.46. The maximum absolute atomic E-state index is 12.3. The number of nitrogens with zero attached hydrogens (tertiary/aromatic N) is 2. The zero-order chi connectivity index (χ0) is 14.5. The van der Waals surface area contributed by atoms with Crippen LogP contribution in [-0.4, -0.2) is 74.1 Å². The molecule has 1 N–H and O–H groups in total. The molecule has 0 aromatic heterocycles. The van der Waals surface area contributed by atoms with E-state index >= 15 is 0 Å². The predicted octanol–water partition coefficient (Wildman–Crippen LogP) is -0.308. The molecule has 1 atom stereocenters. The Hall–Kier alpha value is -1.14. The summed E-state index contributed by atoms with van der Waals surface area (Å²) in [6.45, 7) is 6.76. The normalized spacial score (nSPS) is 25.5. The van der Waals surface area contributed by atoms with Gasteiger partial charge >= 0.3 is 5.97 Å². The number of piperidine rings is 1. The third kappa shape index (κ3) is 3.93. The van der Waals surface area contributed by atoms with E-state index in [2.05, 4.69) is 17.1 Å². The number of amides is 1. The van der Waals surface area contributed by atoms with E-state index in [9.17, 15) is 9.59 Å². The highest BCUT2D eigenvalue weighted by molar-refractivity contribution is 5.79. The summed E-state index contributed by atoms with van der Waals surface area (Å²) in [4.78, 5) is 27.8. The molecule has 6 nitrogen and oxygen atoms in total. The maximum atomic E-state index is 12.3. The van der Waals surface area contributed by atoms with Crippen molar-refractivity contribution in [1.29, 1.82) is 0 Å². The van der Waals surface area contributed by atoms with Crippen LogP contribution in [-0.2, 0) is 14.3 Å². The van der Waals surface area contributed by atoms with Crippen LogP contribution in [0.1, 0.15) is 19.8 Å². The van der Waals surface area contributed by atoms with Crippen molar-refractivity contribution in [1.82, 2.24) is 15.1 Å². The fourth-order valence-corrected chi connectivity index (χ4v) is 2.98. The van der Waals surface area contributed by atoms with Gasteiger partial charge in [0.15, 0.2) is 0 Å². The monoisotopic (exact) mass is 283 g/mol. The summed E-state index contributed by atoms with van der Waals surface area (Å²) in [7, 11) is 1.42. The average molecular weight is 283 g/mol. The minimum absolute atomic E-state index is 0.0386. The first-order valence-corrected chi connectivity index (χ1v) is 7.41. The first kappa shape index (κ1) is 15.3. The molecule has 114 valence electrons. The maximum Gasteiger partial charge on any atom is 0.308 e. The van der Waals surface area contributed by atoms with Crippen molar-refractivity contribution in [3.8, 4) is 0 Å². The Morgan fingerprint density at radius 2 is 1.95 bits per heavy atom. The molecule has 0 radical (unpaired) electrons.